The lowest BCUT2D eigenvalue weighted by atomic mass is 10.0. The van der Waals surface area contributed by atoms with Crippen LogP contribution in [0.3, 0.4) is 0 Å². The third-order valence-electron chi connectivity index (χ3n) is 6.32. The number of nitrogens with zero attached hydrogens (tertiary/aromatic N) is 4. The van der Waals surface area contributed by atoms with E-state index in [1.54, 1.807) is 43.0 Å². The highest BCUT2D eigenvalue weighted by Crippen LogP contribution is 2.44. The summed E-state index contributed by atoms with van der Waals surface area (Å²) < 4.78 is 48.2. The second kappa shape index (κ2) is 10.1. The number of pyridine rings is 1. The van der Waals surface area contributed by atoms with E-state index in [1.807, 2.05) is 6.92 Å². The normalized spacial score (nSPS) is 11.7. The lowest BCUT2D eigenvalue weighted by Gasteiger charge is -2.12. The van der Waals surface area contributed by atoms with Crippen LogP contribution in [0.4, 0.5) is 18.9 Å². The number of anilines is 1. The summed E-state index contributed by atoms with van der Waals surface area (Å²) in [5.74, 6) is -0.956. The molecule has 5 aromatic rings. The van der Waals surface area contributed by atoms with Gasteiger partial charge in [-0.1, -0.05) is 0 Å². The minimum Gasteiger partial charge on any atom is -0.497 e. The molecule has 4 aromatic heterocycles. The van der Waals surface area contributed by atoms with E-state index in [4.69, 9.17) is 10.5 Å². The van der Waals surface area contributed by atoms with E-state index in [0.717, 1.165) is 6.07 Å². The Hall–Kier alpha value is -4.72. The zero-order valence-corrected chi connectivity index (χ0v) is 22.2. The van der Waals surface area contributed by atoms with Gasteiger partial charge in [0.2, 0.25) is 0 Å². The first-order chi connectivity index (χ1) is 19.0. The number of hydrogen-bond acceptors (Lipinski definition) is 7. The number of benzene rings is 1. The van der Waals surface area contributed by atoms with Gasteiger partial charge in [-0.05, 0) is 55.8 Å². The van der Waals surface area contributed by atoms with Crippen LogP contribution in [0.25, 0.3) is 32.6 Å². The van der Waals surface area contributed by atoms with Gasteiger partial charge in [0.05, 0.1) is 24.7 Å². The van der Waals surface area contributed by atoms with Crippen molar-refractivity contribution >= 4 is 39.1 Å². The van der Waals surface area contributed by atoms with Crippen molar-refractivity contribution in [1.82, 2.24) is 25.0 Å². The van der Waals surface area contributed by atoms with Gasteiger partial charge in [0, 0.05) is 28.8 Å². The molecule has 0 spiro atoms. The number of halogens is 3. The van der Waals surface area contributed by atoms with E-state index >= 15 is 0 Å². The second-order valence-corrected chi connectivity index (χ2v) is 9.71. The Labute approximate surface area is 229 Å². The molecule has 10 nitrogen and oxygen atoms in total. The van der Waals surface area contributed by atoms with Gasteiger partial charge in [-0.2, -0.15) is 23.4 Å². The fraction of sp³-hybridized carbons (Fsp3) is 0.192. The van der Waals surface area contributed by atoms with Crippen LogP contribution in [0.1, 0.15) is 38.5 Å². The number of rotatable bonds is 7. The molecule has 40 heavy (non-hydrogen) atoms. The van der Waals surface area contributed by atoms with Crippen LogP contribution in [0.15, 0.2) is 42.6 Å². The summed E-state index contributed by atoms with van der Waals surface area (Å²) in [6.07, 6.45) is -3.32. The van der Waals surface area contributed by atoms with Crippen LogP contribution in [-0.4, -0.2) is 43.9 Å². The first-order valence-corrected chi connectivity index (χ1v) is 12.7. The summed E-state index contributed by atoms with van der Waals surface area (Å²) in [5, 5.41) is 13.9. The van der Waals surface area contributed by atoms with Gasteiger partial charge in [0.25, 0.3) is 11.8 Å². The molecule has 0 aliphatic rings. The SMILES string of the molecule is CCn1ncc(-c2cc(C(F)(F)F)nc3sc(C(N)=O)c(NC(=O)c4cc(-c5ccc(OC)cc5)n[nH]4)c23)c1C. The highest BCUT2D eigenvalue weighted by Gasteiger charge is 2.35. The van der Waals surface area contributed by atoms with E-state index in [1.165, 1.54) is 12.3 Å². The lowest BCUT2D eigenvalue weighted by molar-refractivity contribution is -0.140. The predicted molar refractivity (Wildman–Crippen MR) is 143 cm³/mol. The number of carbonyl (C=O) groups excluding carboxylic acids is 2. The molecule has 0 atom stereocenters. The van der Waals surface area contributed by atoms with E-state index in [9.17, 15) is 22.8 Å². The Morgan fingerprint density at radius 3 is 2.50 bits per heavy atom. The summed E-state index contributed by atoms with van der Waals surface area (Å²) in [4.78, 5) is 29.2. The molecule has 0 saturated carbocycles. The van der Waals surface area contributed by atoms with E-state index in [0.29, 0.717) is 46.1 Å². The molecule has 5 rings (SSSR count). The van der Waals surface area contributed by atoms with Gasteiger partial charge in [-0.3, -0.25) is 19.4 Å². The van der Waals surface area contributed by atoms with Crippen LogP contribution >= 0.6 is 11.3 Å². The average Bonchev–Trinajstić information content (AvgIpc) is 3.65. The molecule has 0 aliphatic heterocycles. The number of ether oxygens (including phenoxy) is 1. The minimum absolute atomic E-state index is 0.0435. The first-order valence-electron chi connectivity index (χ1n) is 11.9. The summed E-state index contributed by atoms with van der Waals surface area (Å²) in [6.45, 7) is 4.05. The van der Waals surface area contributed by atoms with Gasteiger partial charge in [-0.25, -0.2) is 4.98 Å². The summed E-state index contributed by atoms with van der Waals surface area (Å²) >= 11 is 0.667. The Morgan fingerprint density at radius 1 is 1.18 bits per heavy atom. The highest BCUT2D eigenvalue weighted by molar-refractivity contribution is 7.21. The smallest absolute Gasteiger partial charge is 0.433 e. The van der Waals surface area contributed by atoms with Crippen molar-refractivity contribution in [1.29, 1.82) is 0 Å². The third kappa shape index (κ3) is 4.77. The van der Waals surface area contributed by atoms with Crippen LogP contribution in [-0.2, 0) is 12.7 Å². The van der Waals surface area contributed by atoms with Crippen molar-refractivity contribution in [2.75, 3.05) is 12.4 Å². The number of methoxy groups -OCH3 is 1. The maximum absolute atomic E-state index is 13.8. The lowest BCUT2D eigenvalue weighted by Crippen LogP contribution is -2.17. The maximum atomic E-state index is 13.8. The molecular weight excluding hydrogens is 547 g/mol. The minimum atomic E-state index is -4.76. The van der Waals surface area contributed by atoms with Crippen LogP contribution < -0.4 is 15.8 Å². The van der Waals surface area contributed by atoms with Crippen molar-refractivity contribution in [2.24, 2.45) is 5.73 Å². The molecular formula is C26H22F3N7O3S. The van der Waals surface area contributed by atoms with Crippen LogP contribution in [0.2, 0.25) is 0 Å². The number of nitrogens with two attached hydrogens (primary N) is 1. The number of primary amides is 1. The number of aromatic amines is 1. The van der Waals surface area contributed by atoms with Gasteiger partial charge in [-0.15, -0.1) is 11.3 Å². The molecule has 4 heterocycles. The first kappa shape index (κ1) is 26.9. The number of fused-ring (bicyclic) bond motifs is 1. The number of carbonyl (C=O) groups is 2. The van der Waals surface area contributed by atoms with Gasteiger partial charge in [0.1, 0.15) is 26.8 Å². The molecule has 0 radical (unpaired) electrons. The van der Waals surface area contributed by atoms with Crippen LogP contribution in [0.5, 0.6) is 5.75 Å². The van der Waals surface area contributed by atoms with Crippen molar-refractivity contribution in [3.8, 4) is 28.1 Å². The highest BCUT2D eigenvalue weighted by atomic mass is 32.1. The largest absolute Gasteiger partial charge is 0.497 e. The molecule has 206 valence electrons. The second-order valence-electron chi connectivity index (χ2n) is 8.71. The average molecular weight is 570 g/mol. The Bertz CT molecular complexity index is 1750. The van der Waals surface area contributed by atoms with E-state index in [2.05, 4.69) is 25.6 Å². The molecule has 0 aliphatic carbocycles. The topological polar surface area (TPSA) is 141 Å². The molecule has 0 bridgehead atoms. The van der Waals surface area contributed by atoms with Gasteiger partial charge in [0.15, 0.2) is 0 Å². The number of nitrogens with one attached hydrogen (secondary N) is 2. The molecule has 4 N–H and O–H groups in total. The molecule has 14 heteroatoms. The van der Waals surface area contributed by atoms with E-state index in [-0.39, 0.29) is 32.0 Å². The Kier molecular flexibility index (Phi) is 6.79. The van der Waals surface area contributed by atoms with Gasteiger partial charge < -0.3 is 15.8 Å². The quantitative estimate of drug-likeness (QED) is 0.244. The van der Waals surface area contributed by atoms with Crippen molar-refractivity contribution < 1.29 is 27.5 Å². The monoisotopic (exact) mass is 569 g/mol. The zero-order valence-electron chi connectivity index (χ0n) is 21.4. The Morgan fingerprint density at radius 2 is 1.90 bits per heavy atom. The summed E-state index contributed by atoms with van der Waals surface area (Å²) in [7, 11) is 1.54. The molecule has 0 unspecified atom stereocenters. The maximum Gasteiger partial charge on any atom is 0.433 e. The molecule has 0 saturated heterocycles. The van der Waals surface area contributed by atoms with Gasteiger partial charge >= 0.3 is 6.18 Å². The molecule has 1 aromatic carbocycles. The van der Waals surface area contributed by atoms with E-state index < -0.39 is 23.7 Å². The summed E-state index contributed by atoms with van der Waals surface area (Å²) in [6, 6.07) is 9.41. The van der Waals surface area contributed by atoms with Crippen molar-refractivity contribution in [3.05, 3.63) is 64.6 Å². The summed E-state index contributed by atoms with van der Waals surface area (Å²) in [5.41, 5.74) is 6.74. The standard InChI is InChI=1S/C26H22F3N7O3S/c1-4-36-12(2)16(11-31-36)15-9-19(26(27,28)29)32-25-20(15)21(22(40-25)23(30)37)33-24(38)18-10-17(34-35-18)13-5-7-14(39-3)8-6-13/h5-11H,4H2,1-3H3,(H2,30,37)(H,33,38)(H,34,35). The third-order valence-corrected chi connectivity index (χ3v) is 7.41. The van der Waals surface area contributed by atoms with Crippen molar-refractivity contribution in [2.45, 2.75) is 26.6 Å². The zero-order chi connectivity index (χ0) is 28.8. The fourth-order valence-electron chi connectivity index (χ4n) is 4.31. The number of hydrogen-bond donors (Lipinski definition) is 3. The number of H-pyrrole nitrogens is 1. The molecule has 2 amide bonds. The Balaban J connectivity index is 1.63. The fourth-order valence-corrected chi connectivity index (χ4v) is 5.31. The number of aromatic nitrogens is 5. The number of aryl methyl sites for hydroxylation is 1. The number of alkyl halides is 3. The number of amides is 2. The molecule has 0 fully saturated rings. The number of thiophene rings is 1. The van der Waals surface area contributed by atoms with Crippen molar-refractivity contribution in [3.63, 3.8) is 0 Å². The predicted octanol–water partition coefficient (Wildman–Crippen LogP) is 5.26. The van der Waals surface area contributed by atoms with Crippen LogP contribution in [0, 0.1) is 6.92 Å².